The van der Waals surface area contributed by atoms with Crippen molar-refractivity contribution < 1.29 is 50.6 Å². The van der Waals surface area contributed by atoms with Crippen molar-refractivity contribution in [2.75, 3.05) is 62.0 Å². The number of rotatable bonds is 13. The van der Waals surface area contributed by atoms with E-state index in [4.69, 9.17) is 4.74 Å². The molecule has 338 valence electrons. The molecule has 3 amide bonds. The van der Waals surface area contributed by atoms with Crippen molar-refractivity contribution >= 4 is 56.1 Å². The van der Waals surface area contributed by atoms with E-state index in [-0.39, 0.29) is 61.8 Å². The van der Waals surface area contributed by atoms with Crippen LogP contribution in [0.15, 0.2) is 73.1 Å². The SMILES string of the molecule is O=C1CC[C@H](N2Cc3cc(OC[C@H](O)CN4CC5(C4)CN(c4ccc(-c6cnc7[nH]cc(C(=O)c8c(F)ccc(NS(=O)(=O)N9CCC(F)C9)c8F)c7c6)cc4)C5)ccc3C2=O)C(=O)N1. The molecule has 0 radical (unpaired) electrons. The van der Waals surface area contributed by atoms with Gasteiger partial charge in [0.05, 0.1) is 11.3 Å². The minimum Gasteiger partial charge on any atom is -0.491 e. The van der Waals surface area contributed by atoms with E-state index in [0.717, 1.165) is 59.4 Å². The lowest BCUT2D eigenvalue weighted by atomic mass is 9.72. The number of imide groups is 1. The van der Waals surface area contributed by atoms with E-state index in [0.29, 0.717) is 34.5 Å². The molecule has 0 bridgehead atoms. The third-order valence-corrected chi connectivity index (χ3v) is 14.4. The maximum absolute atomic E-state index is 15.7. The number of likely N-dealkylation sites (tertiary alicyclic amines) is 1. The fourth-order valence-electron chi connectivity index (χ4n) is 9.66. The highest BCUT2D eigenvalue weighted by Crippen LogP contribution is 2.42. The summed E-state index contributed by atoms with van der Waals surface area (Å²) in [5.74, 6) is -4.16. The van der Waals surface area contributed by atoms with Crippen molar-refractivity contribution in [2.45, 2.75) is 44.1 Å². The second kappa shape index (κ2) is 16.3. The second-order valence-electron chi connectivity index (χ2n) is 17.5. The molecular weight excluding hydrogens is 870 g/mol. The van der Waals surface area contributed by atoms with Gasteiger partial charge in [-0.25, -0.2) is 18.2 Å². The molecule has 2 aromatic heterocycles. The van der Waals surface area contributed by atoms with Gasteiger partial charge in [-0.05, 0) is 72.5 Å². The Kier molecular flexibility index (Phi) is 10.7. The highest BCUT2D eigenvalue weighted by Gasteiger charge is 2.52. The summed E-state index contributed by atoms with van der Waals surface area (Å²) < 4.78 is 78.9. The Balaban J connectivity index is 0.720. The van der Waals surface area contributed by atoms with Crippen LogP contribution in [0, 0.1) is 17.0 Å². The summed E-state index contributed by atoms with van der Waals surface area (Å²) in [7, 11) is -4.37. The van der Waals surface area contributed by atoms with Gasteiger partial charge in [-0.2, -0.15) is 12.7 Å². The molecule has 1 spiro atoms. The van der Waals surface area contributed by atoms with Crippen molar-refractivity contribution in [1.29, 1.82) is 0 Å². The average molecular weight is 913 g/mol. The van der Waals surface area contributed by atoms with E-state index in [1.807, 2.05) is 29.0 Å². The van der Waals surface area contributed by atoms with E-state index in [2.05, 4.69) is 25.1 Å². The summed E-state index contributed by atoms with van der Waals surface area (Å²) in [5, 5.41) is 13.4. The number of fused-ring (bicyclic) bond motifs is 2. The minimum absolute atomic E-state index is 0.00528. The van der Waals surface area contributed by atoms with Crippen LogP contribution < -0.4 is 19.7 Å². The third-order valence-electron chi connectivity index (χ3n) is 12.9. The number of alkyl halides is 1. The van der Waals surface area contributed by atoms with Crippen molar-refractivity contribution in [1.82, 2.24) is 29.4 Å². The molecule has 4 fully saturated rings. The smallest absolute Gasteiger partial charge is 0.301 e. The highest BCUT2D eigenvalue weighted by atomic mass is 32.2. The number of amides is 3. The van der Waals surface area contributed by atoms with Crippen LogP contribution in [0.5, 0.6) is 5.75 Å². The summed E-state index contributed by atoms with van der Waals surface area (Å²) in [5.41, 5.74) is 2.43. The summed E-state index contributed by atoms with van der Waals surface area (Å²) >= 11 is 0. The monoisotopic (exact) mass is 912 g/mol. The summed E-state index contributed by atoms with van der Waals surface area (Å²) in [6, 6.07) is 15.6. The number of aromatic amines is 1. The summed E-state index contributed by atoms with van der Waals surface area (Å²) in [6.07, 6.45) is 1.27. The van der Waals surface area contributed by atoms with Crippen molar-refractivity contribution in [3.05, 3.63) is 107 Å². The number of hydrogen-bond acceptors (Lipinski definition) is 11. The number of β-amino-alcohol motifs (C(OH)–C–C–N with tert-alkyl or cyclic N) is 1. The van der Waals surface area contributed by atoms with Gasteiger partial charge in [0.15, 0.2) is 5.82 Å². The number of benzene rings is 3. The molecule has 5 aliphatic heterocycles. The number of halogens is 3. The fourth-order valence-corrected chi connectivity index (χ4v) is 10.9. The molecule has 7 heterocycles. The number of nitrogens with one attached hydrogen (secondary N) is 3. The van der Waals surface area contributed by atoms with Gasteiger partial charge in [0, 0.05) is 104 Å². The number of aromatic nitrogens is 2. The van der Waals surface area contributed by atoms with Gasteiger partial charge in [0.2, 0.25) is 17.6 Å². The van der Waals surface area contributed by atoms with Crippen LogP contribution in [0.4, 0.5) is 24.5 Å². The first-order valence-electron chi connectivity index (χ1n) is 21.2. The second-order valence-corrected chi connectivity index (χ2v) is 19.2. The predicted molar refractivity (Wildman–Crippen MR) is 230 cm³/mol. The maximum atomic E-state index is 15.7. The van der Waals surface area contributed by atoms with Crippen LogP contribution in [0.1, 0.15) is 51.1 Å². The number of ether oxygens (including phenoxy) is 1. The Hall–Kier alpha value is -6.35. The van der Waals surface area contributed by atoms with Gasteiger partial charge in [-0.3, -0.25) is 34.1 Å². The predicted octanol–water partition coefficient (Wildman–Crippen LogP) is 3.76. The van der Waals surface area contributed by atoms with Crippen LogP contribution >= 0.6 is 0 Å². The minimum atomic E-state index is -4.37. The Morgan fingerprint density at radius 2 is 1.78 bits per heavy atom. The molecule has 4 saturated heterocycles. The number of carbonyl (C=O) groups is 4. The molecule has 0 aliphatic carbocycles. The van der Waals surface area contributed by atoms with Crippen LogP contribution in [0.2, 0.25) is 0 Å². The van der Waals surface area contributed by atoms with E-state index < -0.39 is 69.6 Å². The number of nitrogens with zero attached hydrogens (tertiary/aromatic N) is 5. The lowest BCUT2D eigenvalue weighted by molar-refractivity contribution is -0.136. The van der Waals surface area contributed by atoms with E-state index in [9.17, 15) is 37.1 Å². The van der Waals surface area contributed by atoms with Gasteiger partial charge < -0.3 is 24.6 Å². The van der Waals surface area contributed by atoms with Crippen LogP contribution in [-0.2, 0) is 26.3 Å². The first kappa shape index (κ1) is 42.6. The first-order valence-corrected chi connectivity index (χ1v) is 22.7. The van der Waals surface area contributed by atoms with Gasteiger partial charge in [0.25, 0.3) is 5.91 Å². The number of hydrogen-bond donors (Lipinski definition) is 4. The van der Waals surface area contributed by atoms with Gasteiger partial charge in [-0.1, -0.05) is 12.1 Å². The lowest BCUT2D eigenvalue weighted by Crippen LogP contribution is -2.72. The first-order chi connectivity index (χ1) is 31.1. The molecule has 3 atom stereocenters. The van der Waals surface area contributed by atoms with Crippen LogP contribution in [0.3, 0.4) is 0 Å². The number of ketones is 1. The van der Waals surface area contributed by atoms with Crippen molar-refractivity contribution in [2.24, 2.45) is 5.41 Å². The molecule has 5 aliphatic rings. The number of carbonyl (C=O) groups excluding carboxylic acids is 4. The number of H-pyrrole nitrogens is 1. The van der Waals surface area contributed by atoms with Crippen molar-refractivity contribution in [3.63, 3.8) is 0 Å². The standard InChI is InChI=1S/C45H43F3N8O8S/c46-28-11-12-55(18-28)65(62,63)52-36-8-7-35(47)39(40(36)48)41(59)34-16-50-42-33(34)14-26(15-49-42)25-1-3-29(4-2-25)54-23-45(24-54)21-53(22-45)19-30(57)20-64-31-5-6-32-27(13-31)17-56(44(32)61)37-9-10-38(58)51-43(37)60/h1-8,13-16,28,30,37,52,57H,9-12,17-24H2,(H,49,50)(H,51,58,60)/t28?,30-,37+/m1/s1. The Bertz CT molecular complexity index is 2880. The molecule has 65 heavy (non-hydrogen) atoms. The highest BCUT2D eigenvalue weighted by molar-refractivity contribution is 7.90. The molecule has 5 aromatic rings. The Morgan fingerprint density at radius 3 is 2.52 bits per heavy atom. The van der Waals surface area contributed by atoms with Gasteiger partial charge in [-0.15, -0.1) is 0 Å². The average Bonchev–Trinajstić information content (AvgIpc) is 3.98. The molecule has 1 unspecified atom stereocenters. The maximum Gasteiger partial charge on any atom is 0.301 e. The number of piperidine rings is 1. The molecule has 20 heteroatoms. The zero-order valence-electron chi connectivity index (χ0n) is 34.7. The zero-order chi connectivity index (χ0) is 45.4. The lowest BCUT2D eigenvalue weighted by Gasteiger charge is -2.61. The molecule has 10 rings (SSSR count). The number of anilines is 2. The Labute approximate surface area is 370 Å². The molecule has 16 nitrogen and oxygen atoms in total. The summed E-state index contributed by atoms with van der Waals surface area (Å²) in [4.78, 5) is 63.9. The van der Waals surface area contributed by atoms with Crippen LogP contribution in [-0.4, -0.2) is 132 Å². The number of aliphatic hydroxyl groups excluding tert-OH is 1. The van der Waals surface area contributed by atoms with Crippen molar-refractivity contribution in [3.8, 4) is 16.9 Å². The van der Waals surface area contributed by atoms with Gasteiger partial charge in [0.1, 0.15) is 42.1 Å². The molecule has 4 N–H and O–H groups in total. The van der Waals surface area contributed by atoms with Crippen LogP contribution in [0.25, 0.3) is 22.2 Å². The number of aliphatic hydroxyl groups is 1. The largest absolute Gasteiger partial charge is 0.491 e. The fraction of sp³-hybridized carbons (Fsp3) is 0.356. The van der Waals surface area contributed by atoms with Gasteiger partial charge >= 0.3 is 10.2 Å². The quantitative estimate of drug-likeness (QED) is 0.0992. The Morgan fingerprint density at radius 1 is 1.00 bits per heavy atom. The topological polar surface area (TPSA) is 198 Å². The third kappa shape index (κ3) is 7.97. The molecule has 0 saturated carbocycles. The number of pyridine rings is 1. The van der Waals surface area contributed by atoms with E-state index in [1.165, 1.54) is 11.1 Å². The van der Waals surface area contributed by atoms with E-state index in [1.54, 1.807) is 30.5 Å². The normalized spacial score (nSPS) is 21.3. The molecular formula is C45H43F3N8O8S. The molecule has 3 aromatic carbocycles. The summed E-state index contributed by atoms with van der Waals surface area (Å²) in [6.45, 7) is 3.57. The zero-order valence-corrected chi connectivity index (χ0v) is 35.5. The van der Waals surface area contributed by atoms with E-state index >= 15 is 8.78 Å².